The van der Waals surface area contributed by atoms with E-state index in [4.69, 9.17) is 0 Å². The van der Waals surface area contributed by atoms with Crippen molar-refractivity contribution in [3.05, 3.63) is 70.1 Å². The molecule has 0 unspecified atom stereocenters. The molecule has 0 atom stereocenters. The maximum Gasteiger partial charge on any atom is 0.460 e. The van der Waals surface area contributed by atoms with Crippen LogP contribution in [0.25, 0.3) is 0 Å². The van der Waals surface area contributed by atoms with Crippen molar-refractivity contribution >= 4 is 40.3 Å². The highest BCUT2D eigenvalue weighted by Gasteiger charge is 2.95. The summed E-state index contributed by atoms with van der Waals surface area (Å²) in [6.45, 7) is 0. The van der Waals surface area contributed by atoms with Crippen LogP contribution in [0.15, 0.2) is 70.1 Å². The topological polar surface area (TPSA) is 17.1 Å². The lowest BCUT2D eigenvalue weighted by Gasteiger charge is -2.42. The number of halogens is 18. The standard InChI is InChI=1S/C23H13F17IOP/c24-16(25,11-13(41)12-43(42,14-7-3-1-4-8-14)15-9-5-2-6-10-15)17(26,27)18(28,29)19(30,31)20(32,33)21(34,35)22(36,37)23(38,39)40/h1-10,12H,11H2/b13-12+. The summed E-state index contributed by atoms with van der Waals surface area (Å²) >= 11 is 0.734. The molecule has 2 aromatic carbocycles. The highest BCUT2D eigenvalue weighted by atomic mass is 127. The smallest absolute Gasteiger partial charge is 0.309 e. The van der Waals surface area contributed by atoms with Crippen molar-refractivity contribution in [2.24, 2.45) is 0 Å². The first kappa shape index (κ1) is 37.1. The van der Waals surface area contributed by atoms with Gasteiger partial charge in [0.1, 0.15) is 0 Å². The lowest BCUT2D eigenvalue weighted by atomic mass is 9.88. The molecule has 0 amide bonds. The number of benzene rings is 2. The van der Waals surface area contributed by atoms with E-state index < -0.39 is 64.8 Å². The molecule has 2 rings (SSSR count). The van der Waals surface area contributed by atoms with Gasteiger partial charge in [-0.2, -0.15) is 74.6 Å². The van der Waals surface area contributed by atoms with Gasteiger partial charge in [0.2, 0.25) is 0 Å². The first-order chi connectivity index (χ1) is 19.1. The zero-order chi connectivity index (χ0) is 33.7. The second kappa shape index (κ2) is 11.4. The molecular formula is C23H13F17IOP. The molecule has 2 aromatic rings. The van der Waals surface area contributed by atoms with Gasteiger partial charge in [0.15, 0.2) is 7.14 Å². The fraction of sp³-hybridized carbons (Fsp3) is 0.391. The fourth-order valence-corrected chi connectivity index (χ4v) is 7.33. The molecule has 0 bridgehead atoms. The monoisotopic (exact) mass is 786 g/mol. The Morgan fingerprint density at radius 2 is 0.837 bits per heavy atom. The largest absolute Gasteiger partial charge is 0.460 e. The molecule has 242 valence electrons. The van der Waals surface area contributed by atoms with Crippen LogP contribution in [0.1, 0.15) is 6.42 Å². The van der Waals surface area contributed by atoms with Crippen molar-refractivity contribution in [1.82, 2.24) is 0 Å². The molecular weight excluding hydrogens is 773 g/mol. The van der Waals surface area contributed by atoms with Crippen LogP contribution in [0.4, 0.5) is 74.6 Å². The van der Waals surface area contributed by atoms with Crippen LogP contribution in [0.2, 0.25) is 0 Å². The van der Waals surface area contributed by atoms with E-state index in [-0.39, 0.29) is 10.6 Å². The predicted octanol–water partition coefficient (Wildman–Crippen LogP) is 9.68. The zero-order valence-corrected chi connectivity index (χ0v) is 23.3. The Morgan fingerprint density at radius 1 is 0.535 bits per heavy atom. The quantitative estimate of drug-likeness (QED) is 0.126. The average molecular weight is 786 g/mol. The Hall–Kier alpha value is -2.05. The number of alkyl halides is 17. The van der Waals surface area contributed by atoms with Crippen LogP contribution in [0.5, 0.6) is 0 Å². The Labute approximate surface area is 243 Å². The van der Waals surface area contributed by atoms with Gasteiger partial charge in [-0.3, -0.25) is 0 Å². The van der Waals surface area contributed by atoms with Gasteiger partial charge < -0.3 is 4.57 Å². The molecule has 1 nitrogen and oxygen atoms in total. The number of rotatable bonds is 11. The van der Waals surface area contributed by atoms with Crippen LogP contribution < -0.4 is 10.6 Å². The Morgan fingerprint density at radius 3 is 1.16 bits per heavy atom. The van der Waals surface area contributed by atoms with Gasteiger partial charge in [0, 0.05) is 20.6 Å². The molecule has 0 saturated heterocycles. The normalized spacial score (nSPS) is 15.5. The van der Waals surface area contributed by atoms with Gasteiger partial charge in [-0.15, -0.1) is 0 Å². The SMILES string of the molecule is O=P(/C=C(/I)CC(F)(F)C(F)(F)C(F)(F)C(F)(F)C(F)(F)C(F)(F)C(F)(F)C(F)(F)F)(c1ccccc1)c1ccccc1. The third-order valence-corrected chi connectivity index (χ3v) is 9.77. The van der Waals surface area contributed by atoms with E-state index in [0.29, 0.717) is 5.82 Å². The molecule has 0 aromatic heterocycles. The summed E-state index contributed by atoms with van der Waals surface area (Å²) in [5.74, 6) is -56.6. The molecule has 0 N–H and O–H groups in total. The summed E-state index contributed by atoms with van der Waals surface area (Å²) in [7, 11) is -4.27. The number of hydrogen-bond acceptors (Lipinski definition) is 1. The molecule has 0 saturated carbocycles. The predicted molar refractivity (Wildman–Crippen MR) is 127 cm³/mol. The van der Waals surface area contributed by atoms with E-state index in [1.807, 2.05) is 0 Å². The van der Waals surface area contributed by atoms with Crippen LogP contribution in [-0.2, 0) is 4.57 Å². The molecule has 0 heterocycles. The highest BCUT2D eigenvalue weighted by molar-refractivity contribution is 14.1. The minimum Gasteiger partial charge on any atom is -0.309 e. The van der Waals surface area contributed by atoms with Gasteiger partial charge in [-0.25, -0.2) is 0 Å². The molecule has 0 aliphatic heterocycles. The maximum atomic E-state index is 14.5. The summed E-state index contributed by atoms with van der Waals surface area (Å²) in [6, 6.07) is 12.6. The van der Waals surface area contributed by atoms with E-state index in [1.165, 1.54) is 36.4 Å². The van der Waals surface area contributed by atoms with Crippen molar-refractivity contribution in [3.8, 4) is 0 Å². The van der Waals surface area contributed by atoms with Crippen molar-refractivity contribution in [2.45, 2.75) is 54.1 Å². The minimum absolute atomic E-state index is 0.158. The summed E-state index contributed by atoms with van der Waals surface area (Å²) in [5, 5.41) is -0.315. The van der Waals surface area contributed by atoms with E-state index in [9.17, 15) is 79.2 Å². The lowest BCUT2D eigenvalue weighted by molar-refractivity contribution is -0.461. The Bertz CT molecular complexity index is 1310. The Kier molecular flexibility index (Phi) is 9.84. The second-order valence-electron chi connectivity index (χ2n) is 8.73. The van der Waals surface area contributed by atoms with Crippen molar-refractivity contribution in [3.63, 3.8) is 0 Å². The molecule has 0 radical (unpaired) electrons. The molecule has 0 aliphatic rings. The second-order valence-corrected chi connectivity index (χ2v) is 12.7. The molecule has 20 heteroatoms. The van der Waals surface area contributed by atoms with E-state index in [2.05, 4.69) is 0 Å². The lowest BCUT2D eigenvalue weighted by Crippen LogP contribution is -2.74. The van der Waals surface area contributed by atoms with Gasteiger partial charge >= 0.3 is 47.6 Å². The summed E-state index contributed by atoms with van der Waals surface area (Å²) in [6.07, 6.45) is -10.6. The third kappa shape index (κ3) is 5.88. The number of hydrogen-bond donors (Lipinski definition) is 0. The summed E-state index contributed by atoms with van der Waals surface area (Å²) < 4.78 is 243. The van der Waals surface area contributed by atoms with Gasteiger partial charge in [-0.1, -0.05) is 60.7 Å². The zero-order valence-electron chi connectivity index (χ0n) is 20.2. The van der Waals surface area contributed by atoms with Crippen molar-refractivity contribution in [2.75, 3.05) is 0 Å². The van der Waals surface area contributed by atoms with Gasteiger partial charge in [0.05, 0.1) is 0 Å². The van der Waals surface area contributed by atoms with Crippen molar-refractivity contribution < 1.29 is 79.2 Å². The van der Waals surface area contributed by atoms with Crippen molar-refractivity contribution in [1.29, 1.82) is 0 Å². The average Bonchev–Trinajstić information content (AvgIpc) is 2.87. The van der Waals surface area contributed by atoms with E-state index in [0.717, 1.165) is 46.9 Å². The van der Waals surface area contributed by atoms with E-state index >= 15 is 0 Å². The summed E-state index contributed by atoms with van der Waals surface area (Å²) in [4.78, 5) is 0. The maximum absolute atomic E-state index is 14.5. The van der Waals surface area contributed by atoms with E-state index in [1.54, 1.807) is 0 Å². The highest BCUT2D eigenvalue weighted by Crippen LogP contribution is 2.64. The molecule has 0 fully saturated rings. The van der Waals surface area contributed by atoms with Crippen LogP contribution in [0.3, 0.4) is 0 Å². The summed E-state index contributed by atoms with van der Waals surface area (Å²) in [5.41, 5.74) is 0. The molecule has 0 aliphatic carbocycles. The van der Waals surface area contributed by atoms with Gasteiger partial charge in [-0.05, 0) is 28.4 Å². The minimum atomic E-state index is -8.69. The van der Waals surface area contributed by atoms with Crippen LogP contribution in [-0.4, -0.2) is 47.6 Å². The first-order valence-corrected chi connectivity index (χ1v) is 13.7. The molecule has 0 spiro atoms. The number of allylic oxidation sites excluding steroid dienone is 1. The first-order valence-electron chi connectivity index (χ1n) is 10.9. The third-order valence-electron chi connectivity index (χ3n) is 5.78. The molecule has 43 heavy (non-hydrogen) atoms. The van der Waals surface area contributed by atoms with Crippen LogP contribution in [0, 0.1) is 0 Å². The van der Waals surface area contributed by atoms with Crippen LogP contribution >= 0.6 is 29.7 Å². The fourth-order valence-electron chi connectivity index (χ4n) is 3.36. The Balaban J connectivity index is 2.61. The van der Waals surface area contributed by atoms with Gasteiger partial charge in [0.25, 0.3) is 0 Å².